The number of nitrogens with zero attached hydrogens (tertiary/aromatic N) is 4. The molecule has 0 aliphatic heterocycles. The maximum Gasteiger partial charge on any atom is 0.251 e. The van der Waals surface area contributed by atoms with Gasteiger partial charge < -0.3 is 16.4 Å². The number of nitrogens with one attached hydrogen (secondary N) is 3. The number of aromatic amines is 1. The minimum atomic E-state index is -0.535. The van der Waals surface area contributed by atoms with Crippen molar-refractivity contribution in [2.75, 3.05) is 18.9 Å². The van der Waals surface area contributed by atoms with Crippen molar-refractivity contribution in [2.45, 2.75) is 89.8 Å². The van der Waals surface area contributed by atoms with Gasteiger partial charge in [0.15, 0.2) is 0 Å². The molecule has 0 saturated heterocycles. The molecular formula is C47H56N8O3. The summed E-state index contributed by atoms with van der Waals surface area (Å²) in [6.45, 7) is 3.63. The van der Waals surface area contributed by atoms with Crippen LogP contribution < -0.4 is 16.4 Å². The molecule has 2 saturated carbocycles. The van der Waals surface area contributed by atoms with Crippen molar-refractivity contribution in [3.8, 4) is 22.5 Å². The molecule has 1 heterocycles. The van der Waals surface area contributed by atoms with Gasteiger partial charge in [-0.1, -0.05) is 60.7 Å². The standard InChI is InChI=1S/C47H56N8O3/c1-31-26-38(46(57)49-41-21-23-42(24-22-41)55(2)30-34-6-4-3-5-7-34)18-25-43(31)35-12-8-32(9-13-35)27-39(28-44(56)36-14-10-33(29-48)11-15-36)47(58)50-40-19-16-37(17-20-40)45-51-53-54-52-45/h3-9,12-13,16-20,25-26,33,36,39,41-42H,10-11,14-15,21-24,27-30,48H2,1-2H3,(H,49,57)(H,50,58)(H,51,52,53,54)/t33?,36?,39-,41?,42?/m1/s1. The first-order valence-electron chi connectivity index (χ1n) is 20.8. The molecule has 11 nitrogen and oxygen atoms in total. The van der Waals surface area contributed by atoms with Gasteiger partial charge in [-0.15, -0.1) is 10.2 Å². The van der Waals surface area contributed by atoms with Crippen LogP contribution >= 0.6 is 0 Å². The lowest BCUT2D eigenvalue weighted by Crippen LogP contribution is -2.42. The lowest BCUT2D eigenvalue weighted by molar-refractivity contribution is -0.129. The van der Waals surface area contributed by atoms with Gasteiger partial charge in [-0.25, -0.2) is 0 Å². The predicted molar refractivity (Wildman–Crippen MR) is 228 cm³/mol. The van der Waals surface area contributed by atoms with Crippen LogP contribution in [0.5, 0.6) is 0 Å². The van der Waals surface area contributed by atoms with Crippen LogP contribution in [0.4, 0.5) is 5.69 Å². The predicted octanol–water partition coefficient (Wildman–Crippen LogP) is 7.54. The van der Waals surface area contributed by atoms with Crippen LogP contribution in [0.25, 0.3) is 22.5 Å². The minimum Gasteiger partial charge on any atom is -0.349 e. The Balaban J connectivity index is 0.962. The third-order valence-corrected chi connectivity index (χ3v) is 12.4. The Hall–Kier alpha value is -5.52. The zero-order valence-electron chi connectivity index (χ0n) is 33.7. The van der Waals surface area contributed by atoms with Crippen LogP contribution in [0.15, 0.2) is 97.1 Å². The molecule has 7 rings (SSSR count). The van der Waals surface area contributed by atoms with E-state index in [0.29, 0.717) is 42.0 Å². The van der Waals surface area contributed by atoms with Gasteiger partial charge in [0.1, 0.15) is 5.78 Å². The SMILES string of the molecule is Cc1cc(C(=O)NC2CCC(N(C)Cc3ccccc3)CC2)ccc1-c1ccc(C[C@H](CC(=O)C2CCC(CN)CC2)C(=O)Nc2ccc(-c3nn[nH]n3)cc2)cc1. The molecule has 0 radical (unpaired) electrons. The summed E-state index contributed by atoms with van der Waals surface area (Å²) < 4.78 is 0. The molecule has 11 heteroatoms. The van der Waals surface area contributed by atoms with Crippen molar-refractivity contribution in [1.29, 1.82) is 0 Å². The molecule has 1 atom stereocenters. The number of tetrazole rings is 1. The summed E-state index contributed by atoms with van der Waals surface area (Å²) in [6.07, 6.45) is 8.26. The largest absolute Gasteiger partial charge is 0.349 e. The number of rotatable bonds is 15. The van der Waals surface area contributed by atoms with E-state index in [1.54, 1.807) is 12.1 Å². The number of nitrogens with two attached hydrogens (primary N) is 1. The first kappa shape index (κ1) is 40.7. The Kier molecular flexibility index (Phi) is 13.5. The van der Waals surface area contributed by atoms with Gasteiger partial charge in [0, 0.05) is 53.7 Å². The Morgan fingerprint density at radius 3 is 2.19 bits per heavy atom. The first-order chi connectivity index (χ1) is 28.2. The quantitative estimate of drug-likeness (QED) is 0.0849. The maximum absolute atomic E-state index is 13.8. The molecule has 2 aliphatic rings. The van der Waals surface area contributed by atoms with Crippen LogP contribution in [0, 0.1) is 24.7 Å². The van der Waals surface area contributed by atoms with Crippen molar-refractivity contribution < 1.29 is 14.4 Å². The molecular weight excluding hydrogens is 725 g/mol. The molecule has 0 unspecified atom stereocenters. The molecule has 2 amide bonds. The second-order valence-electron chi connectivity index (χ2n) is 16.4. The zero-order valence-corrected chi connectivity index (χ0v) is 33.7. The number of ketones is 1. The number of Topliss-reactive ketones (excluding diaryl/α,β-unsaturated/α-hetero) is 1. The van der Waals surface area contributed by atoms with Crippen molar-refractivity contribution in [3.05, 3.63) is 119 Å². The van der Waals surface area contributed by atoms with Crippen molar-refractivity contribution in [3.63, 3.8) is 0 Å². The fourth-order valence-corrected chi connectivity index (χ4v) is 8.78. The van der Waals surface area contributed by atoms with Crippen LogP contribution in [-0.4, -0.2) is 68.8 Å². The number of carbonyl (C=O) groups is 3. The van der Waals surface area contributed by atoms with E-state index >= 15 is 0 Å². The molecule has 2 fully saturated rings. The molecule has 0 bridgehead atoms. The average Bonchev–Trinajstić information content (AvgIpc) is 3.80. The van der Waals surface area contributed by atoms with E-state index < -0.39 is 5.92 Å². The van der Waals surface area contributed by atoms with Crippen LogP contribution in [0.2, 0.25) is 0 Å². The van der Waals surface area contributed by atoms with Gasteiger partial charge >= 0.3 is 0 Å². The number of hydrogen-bond donors (Lipinski definition) is 4. The van der Waals surface area contributed by atoms with E-state index in [1.807, 2.05) is 49.4 Å². The summed E-state index contributed by atoms with van der Waals surface area (Å²) in [5.74, 6) is 0.314. The fourth-order valence-electron chi connectivity index (χ4n) is 8.78. The van der Waals surface area contributed by atoms with E-state index in [-0.39, 0.29) is 36.0 Å². The highest BCUT2D eigenvalue weighted by atomic mass is 16.2. The highest BCUT2D eigenvalue weighted by Gasteiger charge is 2.30. The smallest absolute Gasteiger partial charge is 0.251 e. The van der Waals surface area contributed by atoms with Gasteiger partial charge in [-0.2, -0.15) is 5.21 Å². The zero-order chi connectivity index (χ0) is 40.4. The van der Waals surface area contributed by atoms with E-state index in [0.717, 1.165) is 85.7 Å². The van der Waals surface area contributed by atoms with E-state index in [4.69, 9.17) is 5.73 Å². The monoisotopic (exact) mass is 780 g/mol. The minimum absolute atomic E-state index is 0.0275. The average molecular weight is 781 g/mol. The highest BCUT2D eigenvalue weighted by molar-refractivity contribution is 5.96. The van der Waals surface area contributed by atoms with Crippen molar-refractivity contribution >= 4 is 23.3 Å². The number of anilines is 1. The Morgan fingerprint density at radius 2 is 1.53 bits per heavy atom. The lowest BCUT2D eigenvalue weighted by Gasteiger charge is -2.35. The van der Waals surface area contributed by atoms with Gasteiger partial charge in [0.25, 0.3) is 5.91 Å². The van der Waals surface area contributed by atoms with E-state index in [9.17, 15) is 14.4 Å². The fraction of sp³-hybridized carbons (Fsp3) is 0.404. The molecule has 2 aliphatic carbocycles. The van der Waals surface area contributed by atoms with Crippen molar-refractivity contribution in [2.24, 2.45) is 23.5 Å². The van der Waals surface area contributed by atoms with E-state index in [1.165, 1.54) is 5.56 Å². The number of aromatic nitrogens is 4. The van der Waals surface area contributed by atoms with Crippen LogP contribution in [-0.2, 0) is 22.6 Å². The van der Waals surface area contributed by atoms with Crippen LogP contribution in [0.1, 0.15) is 84.8 Å². The third kappa shape index (κ3) is 10.5. The lowest BCUT2D eigenvalue weighted by atomic mass is 9.77. The molecule has 0 spiro atoms. The second kappa shape index (κ2) is 19.3. The Morgan fingerprint density at radius 1 is 0.828 bits per heavy atom. The van der Waals surface area contributed by atoms with E-state index in [2.05, 4.69) is 85.7 Å². The molecule has 5 aromatic rings. The molecule has 1 aromatic heterocycles. The first-order valence-corrected chi connectivity index (χ1v) is 20.8. The summed E-state index contributed by atoms with van der Waals surface area (Å²) >= 11 is 0. The Labute approximate surface area is 341 Å². The summed E-state index contributed by atoms with van der Waals surface area (Å²) in [7, 11) is 2.20. The Bertz CT molecular complexity index is 2110. The van der Waals surface area contributed by atoms with Gasteiger partial charge in [-0.3, -0.25) is 19.3 Å². The number of carbonyl (C=O) groups excluding carboxylic acids is 3. The molecule has 302 valence electrons. The summed E-state index contributed by atoms with van der Waals surface area (Å²) in [4.78, 5) is 43.3. The topological polar surface area (TPSA) is 159 Å². The van der Waals surface area contributed by atoms with Crippen LogP contribution in [0.3, 0.4) is 0 Å². The normalized spacial score (nSPS) is 20.0. The highest BCUT2D eigenvalue weighted by Crippen LogP contribution is 2.32. The molecule has 58 heavy (non-hydrogen) atoms. The second-order valence-corrected chi connectivity index (χ2v) is 16.4. The number of amides is 2. The maximum atomic E-state index is 13.8. The summed E-state index contributed by atoms with van der Waals surface area (Å²) in [5, 5.41) is 20.5. The molecule has 5 N–H and O–H groups in total. The van der Waals surface area contributed by atoms with Crippen molar-refractivity contribution in [1.82, 2.24) is 30.8 Å². The number of benzene rings is 4. The number of H-pyrrole nitrogens is 1. The molecule has 4 aromatic carbocycles. The van der Waals surface area contributed by atoms with Gasteiger partial charge in [0.05, 0.1) is 0 Å². The van der Waals surface area contributed by atoms with Gasteiger partial charge in [-0.05, 0) is 154 Å². The van der Waals surface area contributed by atoms with Gasteiger partial charge in [0.2, 0.25) is 11.7 Å². The third-order valence-electron chi connectivity index (χ3n) is 12.4. The number of hydrogen-bond acceptors (Lipinski definition) is 8. The number of aryl methyl sites for hydroxylation is 1. The summed E-state index contributed by atoms with van der Waals surface area (Å²) in [6, 6.07) is 32.7. The summed E-state index contributed by atoms with van der Waals surface area (Å²) in [5.41, 5.74) is 13.4.